The number of hydrogen-bond acceptors (Lipinski definition) is 2. The fourth-order valence-electron chi connectivity index (χ4n) is 5.27. The highest BCUT2D eigenvalue weighted by atomic mass is 31.2. The maximum Gasteiger partial charge on any atom is 0.264 e. The van der Waals surface area contributed by atoms with Crippen molar-refractivity contribution in [2.75, 3.05) is 19.7 Å². The van der Waals surface area contributed by atoms with E-state index in [1.807, 2.05) is 0 Å². The van der Waals surface area contributed by atoms with Gasteiger partial charge in [0.1, 0.15) is 23.2 Å². The molecule has 2 atom stereocenters. The van der Waals surface area contributed by atoms with Crippen LogP contribution in [0.15, 0.2) is 91.0 Å². The molecule has 0 aliphatic carbocycles. The standard InChI is InChI=1S/C27H29NO2P/c29-27-26(18-19-28(27)21-22-11-10-20-30-22)31(23-12-4-1-5-13-23,24-14-6-2-7-15-24)25-16-8-3-9-17-25/h1-9,12-17,22,26H,10-11,18-21H2/q+1. The summed E-state index contributed by atoms with van der Waals surface area (Å²) >= 11 is 0. The van der Waals surface area contributed by atoms with Gasteiger partial charge < -0.3 is 9.64 Å². The maximum absolute atomic E-state index is 14.0. The fourth-order valence-corrected chi connectivity index (χ4v) is 10.2. The van der Waals surface area contributed by atoms with Crippen LogP contribution in [0.25, 0.3) is 0 Å². The zero-order valence-electron chi connectivity index (χ0n) is 17.8. The van der Waals surface area contributed by atoms with E-state index >= 15 is 0 Å². The van der Waals surface area contributed by atoms with Crippen LogP contribution in [-0.2, 0) is 9.53 Å². The second-order valence-electron chi connectivity index (χ2n) is 8.45. The number of rotatable bonds is 6. The number of carbonyl (C=O) groups excluding carboxylic acids is 1. The zero-order valence-corrected chi connectivity index (χ0v) is 18.7. The lowest BCUT2D eigenvalue weighted by Gasteiger charge is -2.32. The Kier molecular flexibility index (Phi) is 5.89. The van der Waals surface area contributed by atoms with Crippen LogP contribution in [0, 0.1) is 0 Å². The van der Waals surface area contributed by atoms with Crippen LogP contribution in [0.3, 0.4) is 0 Å². The molecule has 2 fully saturated rings. The monoisotopic (exact) mass is 430 g/mol. The van der Waals surface area contributed by atoms with Gasteiger partial charge >= 0.3 is 0 Å². The lowest BCUT2D eigenvalue weighted by Crippen LogP contribution is -2.43. The average molecular weight is 431 g/mol. The molecular formula is C27H29NO2P+. The van der Waals surface area contributed by atoms with Gasteiger partial charge in [-0.1, -0.05) is 54.6 Å². The van der Waals surface area contributed by atoms with E-state index in [1.54, 1.807) is 0 Å². The zero-order chi connectivity index (χ0) is 21.1. The molecule has 3 aromatic carbocycles. The molecule has 158 valence electrons. The first kappa shape index (κ1) is 20.4. The van der Waals surface area contributed by atoms with Gasteiger partial charge in [-0.2, -0.15) is 0 Å². The minimum atomic E-state index is -2.17. The topological polar surface area (TPSA) is 29.5 Å². The SMILES string of the molecule is O=C1C([P+](c2ccccc2)(c2ccccc2)c2ccccc2)CCN1CC1CCCO1. The van der Waals surface area contributed by atoms with Crippen molar-refractivity contribution in [2.45, 2.75) is 31.0 Å². The summed E-state index contributed by atoms with van der Waals surface area (Å²) in [5.74, 6) is 0.292. The molecule has 5 rings (SSSR count). The number of hydrogen-bond donors (Lipinski definition) is 0. The highest BCUT2D eigenvalue weighted by Crippen LogP contribution is 2.62. The van der Waals surface area contributed by atoms with Gasteiger partial charge in [0.15, 0.2) is 5.66 Å². The molecule has 0 N–H and O–H groups in total. The van der Waals surface area contributed by atoms with E-state index in [2.05, 4.69) is 95.9 Å². The van der Waals surface area contributed by atoms with Crippen LogP contribution in [0.5, 0.6) is 0 Å². The first-order valence-electron chi connectivity index (χ1n) is 11.3. The van der Waals surface area contributed by atoms with Crippen LogP contribution in [0.2, 0.25) is 0 Å². The highest BCUT2D eigenvalue weighted by molar-refractivity contribution is 7.96. The first-order chi connectivity index (χ1) is 15.3. The Hall–Kier alpha value is -2.48. The van der Waals surface area contributed by atoms with Crippen molar-refractivity contribution >= 4 is 29.1 Å². The summed E-state index contributed by atoms with van der Waals surface area (Å²) in [4.78, 5) is 16.0. The second kappa shape index (κ2) is 8.94. The molecule has 31 heavy (non-hydrogen) atoms. The molecule has 0 radical (unpaired) electrons. The van der Waals surface area contributed by atoms with E-state index in [9.17, 15) is 4.79 Å². The van der Waals surface area contributed by atoms with E-state index < -0.39 is 7.26 Å². The van der Waals surface area contributed by atoms with E-state index in [-0.39, 0.29) is 11.8 Å². The molecule has 0 spiro atoms. The molecule has 2 heterocycles. The van der Waals surface area contributed by atoms with Crippen molar-refractivity contribution in [1.82, 2.24) is 4.90 Å². The average Bonchev–Trinajstić information content (AvgIpc) is 3.48. The van der Waals surface area contributed by atoms with Gasteiger partial charge in [0.25, 0.3) is 5.91 Å². The molecule has 0 bridgehead atoms. The van der Waals surface area contributed by atoms with Crippen molar-refractivity contribution in [3.63, 3.8) is 0 Å². The first-order valence-corrected chi connectivity index (χ1v) is 13.1. The van der Waals surface area contributed by atoms with Crippen molar-refractivity contribution in [2.24, 2.45) is 0 Å². The molecule has 1 amide bonds. The summed E-state index contributed by atoms with van der Waals surface area (Å²) in [6, 6.07) is 32.2. The van der Waals surface area contributed by atoms with Gasteiger partial charge in [0.05, 0.1) is 6.10 Å². The third-order valence-corrected chi connectivity index (χ3v) is 11.4. The minimum Gasteiger partial charge on any atom is -0.376 e. The van der Waals surface area contributed by atoms with Crippen molar-refractivity contribution in [3.8, 4) is 0 Å². The molecule has 2 unspecified atom stereocenters. The Balaban J connectivity index is 1.64. The molecule has 3 aromatic rings. The number of ether oxygens (including phenoxy) is 1. The quantitative estimate of drug-likeness (QED) is 0.558. The number of benzene rings is 3. The van der Waals surface area contributed by atoms with Crippen LogP contribution < -0.4 is 15.9 Å². The van der Waals surface area contributed by atoms with E-state index in [1.165, 1.54) is 15.9 Å². The Morgan fingerprint density at radius 1 is 0.774 bits per heavy atom. The molecule has 4 heteroatoms. The molecule has 0 saturated carbocycles. The predicted octanol–water partition coefficient (Wildman–Crippen LogP) is 3.76. The normalized spacial score (nSPS) is 21.5. The fraction of sp³-hybridized carbons (Fsp3) is 0.296. The van der Waals surface area contributed by atoms with Crippen LogP contribution in [-0.4, -0.2) is 42.3 Å². The van der Waals surface area contributed by atoms with Crippen molar-refractivity contribution in [3.05, 3.63) is 91.0 Å². The predicted molar refractivity (Wildman–Crippen MR) is 129 cm³/mol. The van der Waals surface area contributed by atoms with Crippen molar-refractivity contribution < 1.29 is 9.53 Å². The molecule has 2 aliphatic rings. The number of carbonyl (C=O) groups is 1. The minimum absolute atomic E-state index is 0.0406. The van der Waals surface area contributed by atoms with Gasteiger partial charge in [-0.25, -0.2) is 0 Å². The van der Waals surface area contributed by atoms with Crippen LogP contribution in [0.1, 0.15) is 19.3 Å². The highest BCUT2D eigenvalue weighted by Gasteiger charge is 2.58. The molecular weight excluding hydrogens is 401 g/mol. The number of nitrogens with zero attached hydrogens (tertiary/aromatic N) is 1. The van der Waals surface area contributed by atoms with Crippen LogP contribution >= 0.6 is 7.26 Å². The summed E-state index contributed by atoms with van der Waals surface area (Å²) in [7, 11) is -2.17. The summed E-state index contributed by atoms with van der Waals surface area (Å²) in [5.41, 5.74) is -0.0406. The molecule has 3 nitrogen and oxygen atoms in total. The van der Waals surface area contributed by atoms with E-state index in [0.717, 1.165) is 39.0 Å². The largest absolute Gasteiger partial charge is 0.376 e. The Labute approximate surface area is 185 Å². The lowest BCUT2D eigenvalue weighted by molar-refractivity contribution is -0.128. The van der Waals surface area contributed by atoms with Gasteiger partial charge in [0.2, 0.25) is 0 Å². The molecule has 2 aliphatic heterocycles. The lowest BCUT2D eigenvalue weighted by atomic mass is 10.2. The summed E-state index contributed by atoms with van der Waals surface area (Å²) in [5, 5.41) is 3.85. The van der Waals surface area contributed by atoms with Gasteiger partial charge in [-0.3, -0.25) is 4.79 Å². The maximum atomic E-state index is 14.0. The summed E-state index contributed by atoms with van der Waals surface area (Å²) in [6.45, 7) is 2.37. The van der Waals surface area contributed by atoms with Crippen molar-refractivity contribution in [1.29, 1.82) is 0 Å². The third-order valence-electron chi connectivity index (χ3n) is 6.68. The van der Waals surface area contributed by atoms with Crippen LogP contribution in [0.4, 0.5) is 0 Å². The Morgan fingerprint density at radius 3 is 1.74 bits per heavy atom. The van der Waals surface area contributed by atoms with E-state index in [4.69, 9.17) is 4.74 Å². The van der Waals surface area contributed by atoms with E-state index in [0.29, 0.717) is 5.91 Å². The Bertz CT molecular complexity index is 907. The van der Waals surface area contributed by atoms with Gasteiger partial charge in [0, 0.05) is 26.1 Å². The van der Waals surface area contributed by atoms with Gasteiger partial charge in [-0.15, -0.1) is 0 Å². The number of likely N-dealkylation sites (tertiary alicyclic amines) is 1. The smallest absolute Gasteiger partial charge is 0.264 e. The second-order valence-corrected chi connectivity index (χ2v) is 12.1. The van der Waals surface area contributed by atoms with Gasteiger partial charge in [-0.05, 0) is 49.2 Å². The summed E-state index contributed by atoms with van der Waals surface area (Å²) in [6.07, 6.45) is 3.24. The molecule has 2 saturated heterocycles. The molecule has 0 aromatic heterocycles. The number of amides is 1. The Morgan fingerprint density at radius 2 is 1.29 bits per heavy atom. The summed E-state index contributed by atoms with van der Waals surface area (Å²) < 4.78 is 5.85. The third kappa shape index (κ3) is 3.71.